The molecule has 2 aliphatic rings. The first-order valence-electron chi connectivity index (χ1n) is 6.73. The van der Waals surface area contributed by atoms with Crippen LogP contribution in [0.3, 0.4) is 0 Å². The number of hydrogen-bond acceptors (Lipinski definition) is 2. The number of thioether (sulfide) groups is 1. The standard InChI is InChI=1S/C15H18O2S/c16-15(17)14-13-6-5-11(10-3-1-2-4-10)9-12(13)7-8-18-14/h5-6,9-10,14H,1-4,7-8H2,(H,16,17). The summed E-state index contributed by atoms with van der Waals surface area (Å²) in [7, 11) is 0. The molecule has 0 amide bonds. The van der Waals surface area contributed by atoms with Gasteiger partial charge in [-0.15, -0.1) is 11.8 Å². The fraction of sp³-hybridized carbons (Fsp3) is 0.533. The molecule has 96 valence electrons. The lowest BCUT2D eigenvalue weighted by Crippen LogP contribution is -2.16. The first-order valence-corrected chi connectivity index (χ1v) is 7.77. The zero-order valence-electron chi connectivity index (χ0n) is 10.4. The zero-order valence-corrected chi connectivity index (χ0v) is 11.2. The molecule has 1 aromatic rings. The van der Waals surface area contributed by atoms with Crippen molar-refractivity contribution in [2.45, 2.75) is 43.3 Å². The average Bonchev–Trinajstić information content (AvgIpc) is 2.91. The van der Waals surface area contributed by atoms with Crippen LogP contribution >= 0.6 is 11.8 Å². The van der Waals surface area contributed by atoms with E-state index in [-0.39, 0.29) is 5.25 Å². The second-order valence-electron chi connectivity index (χ2n) is 5.28. The van der Waals surface area contributed by atoms with E-state index in [9.17, 15) is 9.90 Å². The average molecular weight is 262 g/mol. The molecule has 1 atom stereocenters. The molecule has 1 N–H and O–H groups in total. The smallest absolute Gasteiger partial charge is 0.321 e. The highest BCUT2D eigenvalue weighted by molar-refractivity contribution is 8.00. The highest BCUT2D eigenvalue weighted by Gasteiger charge is 2.27. The predicted molar refractivity (Wildman–Crippen MR) is 74.2 cm³/mol. The van der Waals surface area contributed by atoms with Crippen molar-refractivity contribution in [2.24, 2.45) is 0 Å². The van der Waals surface area contributed by atoms with Crippen molar-refractivity contribution < 1.29 is 9.90 Å². The Balaban J connectivity index is 1.92. The van der Waals surface area contributed by atoms with Gasteiger partial charge in [0.25, 0.3) is 0 Å². The monoisotopic (exact) mass is 262 g/mol. The van der Waals surface area contributed by atoms with Gasteiger partial charge >= 0.3 is 5.97 Å². The lowest BCUT2D eigenvalue weighted by atomic mass is 9.91. The van der Waals surface area contributed by atoms with Crippen LogP contribution in [0.2, 0.25) is 0 Å². The fourth-order valence-electron chi connectivity index (χ4n) is 3.19. The number of aliphatic carboxylic acids is 1. The van der Waals surface area contributed by atoms with Crippen molar-refractivity contribution in [3.05, 3.63) is 34.9 Å². The first kappa shape index (κ1) is 12.1. The molecular weight excluding hydrogens is 244 g/mol. The predicted octanol–water partition coefficient (Wildman–Crippen LogP) is 3.76. The van der Waals surface area contributed by atoms with Crippen molar-refractivity contribution in [2.75, 3.05) is 5.75 Å². The van der Waals surface area contributed by atoms with Crippen LogP contribution in [0.15, 0.2) is 18.2 Å². The Labute approximate surface area is 112 Å². The summed E-state index contributed by atoms with van der Waals surface area (Å²) in [6.07, 6.45) is 6.31. The minimum Gasteiger partial charge on any atom is -0.480 e. The number of aryl methyl sites for hydroxylation is 1. The molecule has 3 rings (SSSR count). The van der Waals surface area contributed by atoms with E-state index in [1.807, 2.05) is 0 Å². The van der Waals surface area contributed by atoms with Gasteiger partial charge in [-0.2, -0.15) is 0 Å². The summed E-state index contributed by atoms with van der Waals surface area (Å²) in [5.74, 6) is 0.945. The number of hydrogen-bond donors (Lipinski definition) is 1. The van der Waals surface area contributed by atoms with Gasteiger partial charge in [0, 0.05) is 0 Å². The highest BCUT2D eigenvalue weighted by atomic mass is 32.2. The van der Waals surface area contributed by atoms with Crippen LogP contribution in [-0.2, 0) is 11.2 Å². The molecule has 1 aromatic carbocycles. The maximum atomic E-state index is 11.2. The minimum absolute atomic E-state index is 0.355. The number of benzene rings is 1. The van der Waals surface area contributed by atoms with E-state index in [1.165, 1.54) is 36.8 Å². The van der Waals surface area contributed by atoms with Crippen LogP contribution in [0, 0.1) is 0 Å². The van der Waals surface area contributed by atoms with Gasteiger partial charge in [0.1, 0.15) is 5.25 Å². The normalized spacial score (nSPS) is 23.9. The third kappa shape index (κ3) is 2.16. The van der Waals surface area contributed by atoms with Crippen LogP contribution in [0.1, 0.15) is 53.5 Å². The van der Waals surface area contributed by atoms with Crippen LogP contribution in [0.4, 0.5) is 0 Å². The largest absolute Gasteiger partial charge is 0.480 e. The van der Waals surface area contributed by atoms with Crippen molar-refractivity contribution in [1.29, 1.82) is 0 Å². The molecule has 1 fully saturated rings. The third-order valence-electron chi connectivity index (χ3n) is 4.16. The van der Waals surface area contributed by atoms with Crippen molar-refractivity contribution in [3.8, 4) is 0 Å². The lowest BCUT2D eigenvalue weighted by molar-refractivity contribution is -0.136. The summed E-state index contributed by atoms with van der Waals surface area (Å²) in [5, 5.41) is 8.89. The zero-order chi connectivity index (χ0) is 12.5. The van der Waals surface area contributed by atoms with Crippen molar-refractivity contribution in [3.63, 3.8) is 0 Å². The summed E-state index contributed by atoms with van der Waals surface area (Å²) < 4.78 is 0. The minimum atomic E-state index is -0.699. The summed E-state index contributed by atoms with van der Waals surface area (Å²) in [6.45, 7) is 0. The second-order valence-corrected chi connectivity index (χ2v) is 6.49. The van der Waals surface area contributed by atoms with E-state index >= 15 is 0 Å². The molecule has 0 radical (unpaired) electrons. The summed E-state index contributed by atoms with van der Waals surface area (Å²) in [6, 6.07) is 6.51. The van der Waals surface area contributed by atoms with Crippen molar-refractivity contribution in [1.82, 2.24) is 0 Å². The number of carbonyl (C=O) groups is 1. The van der Waals surface area contributed by atoms with E-state index in [0.717, 1.165) is 17.7 Å². The molecule has 3 heteroatoms. The topological polar surface area (TPSA) is 37.3 Å². The van der Waals surface area contributed by atoms with Gasteiger partial charge < -0.3 is 5.11 Å². The molecular formula is C15H18O2S. The van der Waals surface area contributed by atoms with Gasteiger partial charge in [0.15, 0.2) is 0 Å². The van der Waals surface area contributed by atoms with Gasteiger partial charge in [-0.3, -0.25) is 4.79 Å². The third-order valence-corrected chi connectivity index (χ3v) is 5.39. The molecule has 0 saturated heterocycles. The fourth-order valence-corrected chi connectivity index (χ4v) is 4.32. The highest BCUT2D eigenvalue weighted by Crippen LogP contribution is 2.40. The Kier molecular flexibility index (Phi) is 3.33. The quantitative estimate of drug-likeness (QED) is 0.881. The maximum absolute atomic E-state index is 11.2. The lowest BCUT2D eigenvalue weighted by Gasteiger charge is -2.23. The van der Waals surface area contributed by atoms with E-state index in [4.69, 9.17) is 0 Å². The number of rotatable bonds is 2. The molecule has 0 aromatic heterocycles. The molecule has 2 nitrogen and oxygen atoms in total. The Bertz CT molecular complexity index is 464. The Morgan fingerprint density at radius 3 is 2.78 bits per heavy atom. The molecule has 1 aliphatic carbocycles. The van der Waals surface area contributed by atoms with E-state index in [0.29, 0.717) is 5.92 Å². The van der Waals surface area contributed by atoms with Gasteiger partial charge in [-0.1, -0.05) is 31.0 Å². The van der Waals surface area contributed by atoms with Gasteiger partial charge in [-0.05, 0) is 47.6 Å². The van der Waals surface area contributed by atoms with Gasteiger partial charge in [-0.25, -0.2) is 0 Å². The number of carboxylic acid groups (broad SMARTS) is 1. The summed E-state index contributed by atoms with van der Waals surface area (Å²) >= 11 is 1.55. The number of carboxylic acids is 1. The molecule has 0 spiro atoms. The number of fused-ring (bicyclic) bond motifs is 1. The van der Waals surface area contributed by atoms with E-state index in [2.05, 4.69) is 18.2 Å². The van der Waals surface area contributed by atoms with Crippen LogP contribution < -0.4 is 0 Å². The van der Waals surface area contributed by atoms with Crippen LogP contribution in [-0.4, -0.2) is 16.8 Å². The maximum Gasteiger partial charge on any atom is 0.321 e. The van der Waals surface area contributed by atoms with Crippen LogP contribution in [0.25, 0.3) is 0 Å². The SMILES string of the molecule is O=C(O)C1SCCc2cc(C3CCCC3)ccc21. The van der Waals surface area contributed by atoms with Crippen molar-refractivity contribution >= 4 is 17.7 Å². The molecule has 18 heavy (non-hydrogen) atoms. The Morgan fingerprint density at radius 2 is 2.06 bits per heavy atom. The van der Waals surface area contributed by atoms with E-state index in [1.54, 1.807) is 11.8 Å². The van der Waals surface area contributed by atoms with Gasteiger partial charge in [0.2, 0.25) is 0 Å². The molecule has 1 aliphatic heterocycles. The second kappa shape index (κ2) is 4.96. The summed E-state index contributed by atoms with van der Waals surface area (Å²) in [4.78, 5) is 11.2. The van der Waals surface area contributed by atoms with Gasteiger partial charge in [0.05, 0.1) is 0 Å². The summed E-state index contributed by atoms with van der Waals surface area (Å²) in [5.41, 5.74) is 3.73. The molecule has 0 bridgehead atoms. The Hall–Kier alpha value is -0.960. The molecule has 1 unspecified atom stereocenters. The van der Waals surface area contributed by atoms with Crippen LogP contribution in [0.5, 0.6) is 0 Å². The van der Waals surface area contributed by atoms with E-state index < -0.39 is 5.97 Å². The first-order chi connectivity index (χ1) is 8.75. The molecule has 1 saturated carbocycles. The molecule has 1 heterocycles. The Morgan fingerprint density at radius 1 is 1.28 bits per heavy atom.